The van der Waals surface area contributed by atoms with Gasteiger partial charge in [0, 0.05) is 41.4 Å². The van der Waals surface area contributed by atoms with E-state index in [0.29, 0.717) is 11.0 Å². The molecule has 2 heterocycles. The molecule has 0 atom stereocenters. The van der Waals surface area contributed by atoms with E-state index in [1.165, 1.54) is 18.5 Å². The minimum atomic E-state index is 0.527. The minimum absolute atomic E-state index is 0.527. The van der Waals surface area contributed by atoms with Gasteiger partial charge in [-0.1, -0.05) is 17.7 Å². The van der Waals surface area contributed by atoms with Crippen molar-refractivity contribution in [2.45, 2.75) is 19.8 Å². The predicted octanol–water partition coefficient (Wildman–Crippen LogP) is 5.53. The van der Waals surface area contributed by atoms with Crippen molar-refractivity contribution in [1.29, 1.82) is 0 Å². The Morgan fingerprint density at radius 2 is 1.74 bits per heavy atom. The standard InChI is InChI=1S/C21H22ClN5/c1-15-4-5-16(22)14-19(15)25-21-23-11-10-20(26-21)24-17-6-8-18(9-7-17)27-12-2-3-13-27/h4-11,14H,2-3,12-13H2,1H3,(H2,23,24,25,26). The minimum Gasteiger partial charge on any atom is -0.372 e. The van der Waals surface area contributed by atoms with Gasteiger partial charge in [-0.15, -0.1) is 0 Å². The van der Waals surface area contributed by atoms with Gasteiger partial charge >= 0.3 is 0 Å². The van der Waals surface area contributed by atoms with Gasteiger partial charge in [0.1, 0.15) is 5.82 Å². The molecule has 1 aromatic heterocycles. The van der Waals surface area contributed by atoms with Gasteiger partial charge in [-0.25, -0.2) is 4.98 Å². The van der Waals surface area contributed by atoms with E-state index < -0.39 is 0 Å². The van der Waals surface area contributed by atoms with Crippen molar-refractivity contribution < 1.29 is 0 Å². The highest BCUT2D eigenvalue weighted by atomic mass is 35.5. The Hall–Kier alpha value is -2.79. The van der Waals surface area contributed by atoms with Crippen LogP contribution in [0.5, 0.6) is 0 Å². The average Bonchev–Trinajstić information content (AvgIpc) is 3.20. The zero-order valence-corrected chi connectivity index (χ0v) is 16.0. The molecule has 0 radical (unpaired) electrons. The molecule has 0 bridgehead atoms. The summed E-state index contributed by atoms with van der Waals surface area (Å²) >= 11 is 6.08. The Balaban J connectivity index is 1.46. The van der Waals surface area contributed by atoms with Crippen molar-refractivity contribution in [2.75, 3.05) is 28.6 Å². The van der Waals surface area contributed by atoms with Crippen LogP contribution in [0.2, 0.25) is 5.02 Å². The van der Waals surface area contributed by atoms with Gasteiger partial charge in [-0.2, -0.15) is 4.98 Å². The monoisotopic (exact) mass is 379 g/mol. The van der Waals surface area contributed by atoms with E-state index in [0.717, 1.165) is 35.8 Å². The molecule has 0 saturated carbocycles. The molecule has 0 spiro atoms. The van der Waals surface area contributed by atoms with Crippen LogP contribution < -0.4 is 15.5 Å². The molecule has 4 rings (SSSR count). The highest BCUT2D eigenvalue weighted by molar-refractivity contribution is 6.30. The summed E-state index contributed by atoms with van der Waals surface area (Å²) in [6.45, 7) is 4.32. The quantitative estimate of drug-likeness (QED) is 0.610. The van der Waals surface area contributed by atoms with Crippen LogP contribution in [-0.2, 0) is 0 Å². The third kappa shape index (κ3) is 4.31. The van der Waals surface area contributed by atoms with Gasteiger partial charge in [-0.3, -0.25) is 0 Å². The highest BCUT2D eigenvalue weighted by Crippen LogP contribution is 2.25. The maximum absolute atomic E-state index is 6.08. The Morgan fingerprint density at radius 3 is 2.52 bits per heavy atom. The summed E-state index contributed by atoms with van der Waals surface area (Å²) in [5, 5.41) is 7.25. The van der Waals surface area contributed by atoms with Gasteiger partial charge in [-0.05, 0) is 67.8 Å². The first-order chi connectivity index (χ1) is 13.2. The second kappa shape index (κ2) is 7.84. The number of nitrogens with zero attached hydrogens (tertiary/aromatic N) is 3. The number of halogens is 1. The van der Waals surface area contributed by atoms with Crippen LogP contribution in [0.25, 0.3) is 0 Å². The Kier molecular flexibility index (Phi) is 5.12. The van der Waals surface area contributed by atoms with Crippen LogP contribution in [0.4, 0.5) is 28.8 Å². The van der Waals surface area contributed by atoms with Crippen molar-refractivity contribution in [3.05, 3.63) is 65.3 Å². The lowest BCUT2D eigenvalue weighted by Crippen LogP contribution is -2.17. The number of hydrogen-bond donors (Lipinski definition) is 2. The first-order valence-electron chi connectivity index (χ1n) is 9.16. The summed E-state index contributed by atoms with van der Waals surface area (Å²) in [4.78, 5) is 11.3. The topological polar surface area (TPSA) is 53.1 Å². The summed E-state index contributed by atoms with van der Waals surface area (Å²) in [7, 11) is 0. The van der Waals surface area contributed by atoms with Crippen LogP contribution in [0, 0.1) is 6.92 Å². The van der Waals surface area contributed by atoms with E-state index >= 15 is 0 Å². The van der Waals surface area contributed by atoms with Crippen LogP contribution in [0.15, 0.2) is 54.7 Å². The molecule has 2 N–H and O–H groups in total. The zero-order valence-electron chi connectivity index (χ0n) is 15.2. The van der Waals surface area contributed by atoms with Crippen molar-refractivity contribution in [1.82, 2.24) is 9.97 Å². The van der Waals surface area contributed by atoms with E-state index in [-0.39, 0.29) is 0 Å². The molecular formula is C21H22ClN5. The molecule has 0 amide bonds. The lowest BCUT2D eigenvalue weighted by atomic mass is 10.2. The predicted molar refractivity (Wildman–Crippen MR) is 113 cm³/mol. The molecule has 138 valence electrons. The van der Waals surface area contributed by atoms with E-state index in [2.05, 4.69) is 49.8 Å². The lowest BCUT2D eigenvalue weighted by molar-refractivity contribution is 0.949. The summed E-state index contributed by atoms with van der Waals surface area (Å²) < 4.78 is 0. The Labute approximate surface area is 164 Å². The third-order valence-electron chi connectivity index (χ3n) is 4.71. The molecule has 3 aromatic rings. The molecule has 1 aliphatic rings. The Bertz CT molecular complexity index is 920. The van der Waals surface area contributed by atoms with Crippen LogP contribution in [0.3, 0.4) is 0 Å². The molecule has 1 aliphatic heterocycles. The van der Waals surface area contributed by atoms with Crippen LogP contribution in [0.1, 0.15) is 18.4 Å². The summed E-state index contributed by atoms with van der Waals surface area (Å²) in [5.74, 6) is 1.26. The van der Waals surface area contributed by atoms with Gasteiger partial charge < -0.3 is 15.5 Å². The Morgan fingerprint density at radius 1 is 0.963 bits per heavy atom. The average molecular weight is 380 g/mol. The zero-order chi connectivity index (χ0) is 18.6. The molecule has 6 heteroatoms. The van der Waals surface area contributed by atoms with E-state index in [4.69, 9.17) is 11.6 Å². The summed E-state index contributed by atoms with van der Waals surface area (Å²) in [5.41, 5.74) is 4.26. The van der Waals surface area contributed by atoms with Crippen molar-refractivity contribution in [3.8, 4) is 0 Å². The van der Waals surface area contributed by atoms with Gasteiger partial charge in [0.15, 0.2) is 0 Å². The second-order valence-electron chi connectivity index (χ2n) is 6.72. The molecule has 1 fully saturated rings. The number of anilines is 5. The molecule has 0 unspecified atom stereocenters. The first-order valence-corrected chi connectivity index (χ1v) is 9.53. The fourth-order valence-electron chi connectivity index (χ4n) is 3.22. The number of benzene rings is 2. The molecule has 27 heavy (non-hydrogen) atoms. The van der Waals surface area contributed by atoms with Crippen LogP contribution in [-0.4, -0.2) is 23.1 Å². The maximum atomic E-state index is 6.08. The first kappa shape index (κ1) is 17.6. The number of aryl methyl sites for hydroxylation is 1. The molecular weight excluding hydrogens is 358 g/mol. The van der Waals surface area contributed by atoms with Crippen LogP contribution >= 0.6 is 11.6 Å². The third-order valence-corrected chi connectivity index (χ3v) is 4.95. The van der Waals surface area contributed by atoms with E-state index in [9.17, 15) is 0 Å². The van der Waals surface area contributed by atoms with E-state index in [1.807, 2.05) is 31.2 Å². The van der Waals surface area contributed by atoms with E-state index in [1.54, 1.807) is 6.20 Å². The molecule has 2 aromatic carbocycles. The second-order valence-corrected chi connectivity index (χ2v) is 7.15. The molecule has 1 saturated heterocycles. The normalized spacial score (nSPS) is 13.6. The smallest absolute Gasteiger partial charge is 0.229 e. The number of nitrogens with one attached hydrogen (secondary N) is 2. The molecule has 0 aliphatic carbocycles. The number of rotatable bonds is 5. The van der Waals surface area contributed by atoms with Crippen molar-refractivity contribution in [3.63, 3.8) is 0 Å². The maximum Gasteiger partial charge on any atom is 0.229 e. The van der Waals surface area contributed by atoms with Crippen molar-refractivity contribution in [2.24, 2.45) is 0 Å². The van der Waals surface area contributed by atoms with Crippen molar-refractivity contribution >= 4 is 40.4 Å². The van der Waals surface area contributed by atoms with Gasteiger partial charge in [0.05, 0.1) is 0 Å². The lowest BCUT2D eigenvalue weighted by Gasteiger charge is -2.18. The fourth-order valence-corrected chi connectivity index (χ4v) is 3.39. The molecule has 5 nitrogen and oxygen atoms in total. The summed E-state index contributed by atoms with van der Waals surface area (Å²) in [6.07, 6.45) is 4.29. The highest BCUT2D eigenvalue weighted by Gasteiger charge is 2.12. The fraction of sp³-hybridized carbons (Fsp3) is 0.238. The number of hydrogen-bond acceptors (Lipinski definition) is 5. The summed E-state index contributed by atoms with van der Waals surface area (Å²) in [6, 6.07) is 16.0. The SMILES string of the molecule is Cc1ccc(Cl)cc1Nc1nccc(Nc2ccc(N3CCCC3)cc2)n1. The van der Waals surface area contributed by atoms with Gasteiger partial charge in [0.2, 0.25) is 5.95 Å². The number of aromatic nitrogens is 2. The largest absolute Gasteiger partial charge is 0.372 e. The van der Waals surface area contributed by atoms with Gasteiger partial charge in [0.25, 0.3) is 0 Å².